The standard InChI is InChI=1S/C17H15FO3/c18-16-7-2-1-6-15(16)12-21-11-14-5-3-4-13(10-14)8-9-17(19)20/h1-10H,11-12H2,(H,19,20). The zero-order chi connectivity index (χ0) is 15.1. The van der Waals surface area contributed by atoms with Crippen LogP contribution in [0.4, 0.5) is 4.39 Å². The van der Waals surface area contributed by atoms with Crippen LogP contribution in [-0.4, -0.2) is 11.1 Å². The summed E-state index contributed by atoms with van der Waals surface area (Å²) < 4.78 is 18.9. The van der Waals surface area contributed by atoms with Gasteiger partial charge in [-0.1, -0.05) is 36.4 Å². The molecule has 0 radical (unpaired) electrons. The monoisotopic (exact) mass is 286 g/mol. The lowest BCUT2D eigenvalue weighted by Gasteiger charge is -2.06. The predicted octanol–water partition coefficient (Wildman–Crippen LogP) is 3.64. The van der Waals surface area contributed by atoms with Crippen molar-refractivity contribution in [2.45, 2.75) is 13.2 Å². The summed E-state index contributed by atoms with van der Waals surface area (Å²) >= 11 is 0. The van der Waals surface area contributed by atoms with E-state index in [1.165, 1.54) is 12.1 Å². The van der Waals surface area contributed by atoms with Crippen LogP contribution in [0, 0.1) is 5.82 Å². The number of halogens is 1. The number of carboxylic acids is 1. The van der Waals surface area contributed by atoms with Gasteiger partial charge >= 0.3 is 5.97 Å². The molecule has 0 bridgehead atoms. The molecule has 0 saturated carbocycles. The molecule has 2 rings (SSSR count). The molecule has 0 fully saturated rings. The second-order valence-electron chi connectivity index (χ2n) is 4.50. The predicted molar refractivity (Wildman–Crippen MR) is 78.0 cm³/mol. The number of carbonyl (C=O) groups is 1. The average Bonchev–Trinajstić information content (AvgIpc) is 2.48. The molecule has 0 aliphatic carbocycles. The normalized spacial score (nSPS) is 10.9. The lowest BCUT2D eigenvalue weighted by Crippen LogP contribution is -1.97. The third-order valence-electron chi connectivity index (χ3n) is 2.85. The molecule has 0 heterocycles. The van der Waals surface area contributed by atoms with Crippen molar-refractivity contribution in [2.24, 2.45) is 0 Å². The van der Waals surface area contributed by atoms with Gasteiger partial charge in [0.2, 0.25) is 0 Å². The fourth-order valence-electron chi connectivity index (χ4n) is 1.85. The van der Waals surface area contributed by atoms with E-state index in [0.29, 0.717) is 12.2 Å². The van der Waals surface area contributed by atoms with Crippen molar-refractivity contribution < 1.29 is 19.0 Å². The lowest BCUT2D eigenvalue weighted by atomic mass is 10.1. The Morgan fingerprint density at radius 2 is 1.95 bits per heavy atom. The number of rotatable bonds is 6. The van der Waals surface area contributed by atoms with Gasteiger partial charge in [0.25, 0.3) is 0 Å². The third-order valence-corrected chi connectivity index (χ3v) is 2.85. The topological polar surface area (TPSA) is 46.5 Å². The highest BCUT2D eigenvalue weighted by Crippen LogP contribution is 2.12. The van der Waals surface area contributed by atoms with E-state index in [9.17, 15) is 9.18 Å². The summed E-state index contributed by atoms with van der Waals surface area (Å²) in [6, 6.07) is 13.8. The van der Waals surface area contributed by atoms with Crippen LogP contribution in [0.3, 0.4) is 0 Å². The first-order valence-electron chi connectivity index (χ1n) is 6.46. The Balaban J connectivity index is 1.93. The maximum atomic E-state index is 13.4. The van der Waals surface area contributed by atoms with E-state index in [4.69, 9.17) is 9.84 Å². The van der Waals surface area contributed by atoms with Gasteiger partial charge < -0.3 is 9.84 Å². The Morgan fingerprint density at radius 3 is 2.71 bits per heavy atom. The summed E-state index contributed by atoms with van der Waals surface area (Å²) in [5.74, 6) is -1.27. The van der Waals surface area contributed by atoms with E-state index in [0.717, 1.165) is 17.2 Å². The number of hydrogen-bond donors (Lipinski definition) is 1. The Bertz CT molecular complexity index is 650. The van der Waals surface area contributed by atoms with Gasteiger partial charge in [0.1, 0.15) is 5.82 Å². The molecule has 3 nitrogen and oxygen atoms in total. The molecule has 0 spiro atoms. The van der Waals surface area contributed by atoms with Crippen molar-refractivity contribution >= 4 is 12.0 Å². The Hall–Kier alpha value is -2.46. The Morgan fingerprint density at radius 1 is 1.14 bits per heavy atom. The van der Waals surface area contributed by atoms with Gasteiger partial charge in [-0.05, 0) is 29.3 Å². The van der Waals surface area contributed by atoms with Crippen LogP contribution in [0.25, 0.3) is 6.08 Å². The number of carboxylic acid groups (broad SMARTS) is 1. The van der Waals surface area contributed by atoms with Crippen molar-refractivity contribution in [3.8, 4) is 0 Å². The van der Waals surface area contributed by atoms with Crippen LogP contribution in [0.5, 0.6) is 0 Å². The molecule has 0 amide bonds. The fourth-order valence-corrected chi connectivity index (χ4v) is 1.85. The largest absolute Gasteiger partial charge is 0.478 e. The molecule has 108 valence electrons. The van der Waals surface area contributed by atoms with Crippen molar-refractivity contribution in [1.29, 1.82) is 0 Å². The minimum absolute atomic E-state index is 0.196. The minimum atomic E-state index is -0.990. The molecule has 0 unspecified atom stereocenters. The molecular weight excluding hydrogens is 271 g/mol. The molecule has 1 N–H and O–H groups in total. The van der Waals surface area contributed by atoms with Crippen LogP contribution in [-0.2, 0) is 22.7 Å². The molecule has 0 aliphatic heterocycles. The molecule has 0 saturated heterocycles. The van der Waals surface area contributed by atoms with Crippen LogP contribution < -0.4 is 0 Å². The summed E-state index contributed by atoms with van der Waals surface area (Å²) in [5.41, 5.74) is 2.20. The quantitative estimate of drug-likeness (QED) is 0.825. The molecular formula is C17H15FO3. The van der Waals surface area contributed by atoms with Gasteiger partial charge in [-0.15, -0.1) is 0 Å². The molecule has 2 aromatic carbocycles. The zero-order valence-electron chi connectivity index (χ0n) is 11.3. The molecule has 2 aromatic rings. The SMILES string of the molecule is O=C(O)C=Cc1cccc(COCc2ccccc2F)c1. The zero-order valence-corrected chi connectivity index (χ0v) is 11.3. The summed E-state index contributed by atoms with van der Waals surface area (Å²) in [6.07, 6.45) is 2.60. The van der Waals surface area contributed by atoms with Gasteiger partial charge in [0.05, 0.1) is 13.2 Å². The summed E-state index contributed by atoms with van der Waals surface area (Å²) in [7, 11) is 0. The smallest absolute Gasteiger partial charge is 0.328 e. The first-order valence-corrected chi connectivity index (χ1v) is 6.46. The number of hydrogen-bond acceptors (Lipinski definition) is 2. The number of ether oxygens (including phenoxy) is 1. The first kappa shape index (κ1) is 14.9. The average molecular weight is 286 g/mol. The fraction of sp³-hybridized carbons (Fsp3) is 0.118. The number of aliphatic carboxylic acids is 1. The Kier molecular flexibility index (Phi) is 5.23. The molecule has 21 heavy (non-hydrogen) atoms. The Labute approximate surface area is 122 Å². The third kappa shape index (κ3) is 4.85. The lowest BCUT2D eigenvalue weighted by molar-refractivity contribution is -0.131. The van der Waals surface area contributed by atoms with Crippen LogP contribution in [0.15, 0.2) is 54.6 Å². The highest BCUT2D eigenvalue weighted by molar-refractivity contribution is 5.85. The van der Waals surface area contributed by atoms with E-state index < -0.39 is 5.97 Å². The van der Waals surface area contributed by atoms with E-state index in [1.807, 2.05) is 18.2 Å². The van der Waals surface area contributed by atoms with Crippen LogP contribution in [0.1, 0.15) is 16.7 Å². The van der Waals surface area contributed by atoms with Gasteiger partial charge in [0.15, 0.2) is 0 Å². The highest BCUT2D eigenvalue weighted by Gasteiger charge is 2.01. The van der Waals surface area contributed by atoms with E-state index in [-0.39, 0.29) is 12.4 Å². The van der Waals surface area contributed by atoms with Crippen molar-refractivity contribution in [3.63, 3.8) is 0 Å². The van der Waals surface area contributed by atoms with Gasteiger partial charge in [-0.2, -0.15) is 0 Å². The van der Waals surface area contributed by atoms with Crippen molar-refractivity contribution in [1.82, 2.24) is 0 Å². The van der Waals surface area contributed by atoms with E-state index >= 15 is 0 Å². The van der Waals surface area contributed by atoms with Crippen LogP contribution >= 0.6 is 0 Å². The van der Waals surface area contributed by atoms with Gasteiger partial charge in [-0.3, -0.25) is 0 Å². The van der Waals surface area contributed by atoms with Gasteiger partial charge in [-0.25, -0.2) is 9.18 Å². The van der Waals surface area contributed by atoms with Crippen LogP contribution in [0.2, 0.25) is 0 Å². The van der Waals surface area contributed by atoms with Crippen molar-refractivity contribution in [3.05, 3.63) is 77.1 Å². The second kappa shape index (κ2) is 7.36. The molecule has 0 atom stereocenters. The summed E-state index contributed by atoms with van der Waals surface area (Å²) in [5, 5.41) is 8.59. The van der Waals surface area contributed by atoms with E-state index in [2.05, 4.69) is 0 Å². The molecule has 0 aromatic heterocycles. The van der Waals surface area contributed by atoms with E-state index in [1.54, 1.807) is 24.3 Å². The molecule has 4 heteroatoms. The second-order valence-corrected chi connectivity index (χ2v) is 4.50. The minimum Gasteiger partial charge on any atom is -0.478 e. The highest BCUT2D eigenvalue weighted by atomic mass is 19.1. The maximum absolute atomic E-state index is 13.4. The van der Waals surface area contributed by atoms with Crippen molar-refractivity contribution in [2.75, 3.05) is 0 Å². The molecule has 0 aliphatic rings. The van der Waals surface area contributed by atoms with Gasteiger partial charge in [0, 0.05) is 11.6 Å². The maximum Gasteiger partial charge on any atom is 0.328 e. The summed E-state index contributed by atoms with van der Waals surface area (Å²) in [4.78, 5) is 10.5. The summed E-state index contributed by atoms with van der Waals surface area (Å²) in [6.45, 7) is 0.533. The number of benzene rings is 2. The first-order chi connectivity index (χ1) is 10.1.